The molecule has 0 saturated heterocycles. The zero-order chi connectivity index (χ0) is 13.9. The maximum Gasteiger partial charge on any atom is 0.209 e. The zero-order valence-electron chi connectivity index (χ0n) is 10.6. The Morgan fingerprint density at radius 1 is 1.30 bits per heavy atom. The lowest BCUT2D eigenvalue weighted by molar-refractivity contribution is 0.972. The molecule has 0 fully saturated rings. The fourth-order valence-corrected chi connectivity index (χ4v) is 3.58. The van der Waals surface area contributed by atoms with E-state index in [1.54, 1.807) is 23.1 Å². The molecule has 1 aromatic carbocycles. The van der Waals surface area contributed by atoms with Gasteiger partial charge in [0.05, 0.1) is 10.7 Å². The van der Waals surface area contributed by atoms with Gasteiger partial charge in [-0.25, -0.2) is 9.97 Å². The normalized spacial score (nSPS) is 10.9. The molecule has 3 aromatic rings. The van der Waals surface area contributed by atoms with Gasteiger partial charge >= 0.3 is 0 Å². The number of thioether (sulfide) groups is 1. The van der Waals surface area contributed by atoms with Crippen molar-refractivity contribution in [3.05, 3.63) is 44.8 Å². The maximum atomic E-state index is 4.51. The molecule has 0 bridgehead atoms. The predicted molar refractivity (Wildman–Crippen MR) is 85.9 cm³/mol. The van der Waals surface area contributed by atoms with E-state index in [0.29, 0.717) is 0 Å². The van der Waals surface area contributed by atoms with Crippen LogP contribution in [0.25, 0.3) is 11.4 Å². The average molecular weight is 367 g/mol. The summed E-state index contributed by atoms with van der Waals surface area (Å²) in [4.78, 5) is 8.93. The Morgan fingerprint density at radius 3 is 2.90 bits per heavy atom. The third-order valence-corrected chi connectivity index (χ3v) is 5.00. The summed E-state index contributed by atoms with van der Waals surface area (Å²) in [6.45, 7) is 2.01. The number of thiazole rings is 1. The number of nitrogens with one attached hydrogen (secondary N) is 1. The Kier molecular flexibility index (Phi) is 4.18. The second kappa shape index (κ2) is 6.07. The Balaban J connectivity index is 1.72. The molecule has 0 aliphatic rings. The minimum atomic E-state index is 0.737. The van der Waals surface area contributed by atoms with E-state index in [-0.39, 0.29) is 0 Å². The fraction of sp³-hybridized carbons (Fsp3) is 0.154. The third kappa shape index (κ3) is 3.11. The number of hydrogen-bond donors (Lipinski definition) is 1. The molecule has 0 aliphatic heterocycles. The first-order chi connectivity index (χ1) is 9.72. The van der Waals surface area contributed by atoms with Crippen molar-refractivity contribution in [2.75, 3.05) is 0 Å². The number of benzene rings is 1. The summed E-state index contributed by atoms with van der Waals surface area (Å²) in [5.41, 5.74) is 2.08. The number of aromatic amines is 1. The van der Waals surface area contributed by atoms with Crippen molar-refractivity contribution < 1.29 is 0 Å². The van der Waals surface area contributed by atoms with E-state index in [1.807, 2.05) is 31.2 Å². The second-order valence-electron chi connectivity index (χ2n) is 4.09. The summed E-state index contributed by atoms with van der Waals surface area (Å²) in [6.07, 6.45) is 0. The molecule has 0 unspecified atom stereocenters. The number of H-pyrrole nitrogens is 1. The van der Waals surface area contributed by atoms with Crippen molar-refractivity contribution in [2.24, 2.45) is 0 Å². The number of rotatable bonds is 4. The highest BCUT2D eigenvalue weighted by atomic mass is 79.9. The van der Waals surface area contributed by atoms with Crippen LogP contribution in [-0.4, -0.2) is 20.2 Å². The van der Waals surface area contributed by atoms with Crippen LogP contribution in [0.15, 0.2) is 39.3 Å². The van der Waals surface area contributed by atoms with E-state index in [9.17, 15) is 0 Å². The van der Waals surface area contributed by atoms with Crippen LogP contribution >= 0.6 is 39.0 Å². The summed E-state index contributed by atoms with van der Waals surface area (Å²) in [6, 6.07) is 7.95. The molecular weight excluding hydrogens is 356 g/mol. The minimum absolute atomic E-state index is 0.737. The molecule has 0 radical (unpaired) electrons. The molecule has 0 saturated carbocycles. The van der Waals surface area contributed by atoms with Crippen molar-refractivity contribution >= 4 is 39.0 Å². The number of nitrogens with zero attached hydrogens (tertiary/aromatic N) is 3. The van der Waals surface area contributed by atoms with E-state index in [0.717, 1.165) is 37.5 Å². The predicted octanol–water partition coefficient (Wildman–Crippen LogP) is 4.29. The van der Waals surface area contributed by atoms with Crippen molar-refractivity contribution in [1.82, 2.24) is 20.2 Å². The van der Waals surface area contributed by atoms with Crippen LogP contribution in [0.5, 0.6) is 0 Å². The van der Waals surface area contributed by atoms with E-state index in [4.69, 9.17) is 0 Å². The summed E-state index contributed by atoms with van der Waals surface area (Å²) < 4.78 is 1.00. The van der Waals surface area contributed by atoms with Gasteiger partial charge < -0.3 is 0 Å². The van der Waals surface area contributed by atoms with Gasteiger partial charge in [0.25, 0.3) is 0 Å². The Bertz CT molecular complexity index is 722. The summed E-state index contributed by atoms with van der Waals surface area (Å²) >= 11 is 6.77. The number of hydrogen-bond acceptors (Lipinski definition) is 5. The topological polar surface area (TPSA) is 54.5 Å². The Hall–Kier alpha value is -1.18. The Morgan fingerprint density at radius 2 is 2.15 bits per heavy atom. The van der Waals surface area contributed by atoms with Crippen LogP contribution in [0.4, 0.5) is 0 Å². The molecule has 4 nitrogen and oxygen atoms in total. The highest BCUT2D eigenvalue weighted by molar-refractivity contribution is 9.10. The molecule has 3 rings (SSSR count). The first-order valence-corrected chi connectivity index (χ1v) is 8.59. The van der Waals surface area contributed by atoms with Crippen LogP contribution < -0.4 is 0 Å². The molecule has 2 aromatic heterocycles. The van der Waals surface area contributed by atoms with Gasteiger partial charge in [0.1, 0.15) is 0 Å². The lowest BCUT2D eigenvalue weighted by atomic mass is 10.2. The standard InChI is InChI=1S/C13H11BrN4S2/c1-8-15-9(6-19-8)7-20-13-16-12(17-18-13)10-4-2-3-5-11(10)14/h2-6H,7H2,1H3,(H,16,17,18). The molecule has 1 N–H and O–H groups in total. The maximum absolute atomic E-state index is 4.51. The zero-order valence-corrected chi connectivity index (χ0v) is 13.8. The Labute approximate surface area is 133 Å². The highest BCUT2D eigenvalue weighted by Crippen LogP contribution is 2.27. The first kappa shape index (κ1) is 13.8. The monoisotopic (exact) mass is 366 g/mol. The molecule has 2 heterocycles. The quantitative estimate of drug-likeness (QED) is 0.699. The molecule has 0 atom stereocenters. The van der Waals surface area contributed by atoms with E-state index in [2.05, 4.69) is 41.5 Å². The van der Waals surface area contributed by atoms with Crippen molar-refractivity contribution in [3.63, 3.8) is 0 Å². The van der Waals surface area contributed by atoms with Gasteiger partial charge in [0.2, 0.25) is 5.16 Å². The van der Waals surface area contributed by atoms with Gasteiger partial charge in [-0.15, -0.1) is 16.4 Å². The largest absolute Gasteiger partial charge is 0.258 e. The summed E-state index contributed by atoms with van der Waals surface area (Å²) in [5.74, 6) is 1.56. The molecule has 0 spiro atoms. The van der Waals surface area contributed by atoms with Gasteiger partial charge in [0.15, 0.2) is 5.82 Å². The number of aromatic nitrogens is 4. The SMILES string of the molecule is Cc1nc(CSc2n[nH]c(-c3ccccc3Br)n2)cs1. The van der Waals surface area contributed by atoms with Gasteiger partial charge in [-0.2, -0.15) is 0 Å². The van der Waals surface area contributed by atoms with Gasteiger partial charge in [-0.3, -0.25) is 5.10 Å². The smallest absolute Gasteiger partial charge is 0.209 e. The minimum Gasteiger partial charge on any atom is -0.258 e. The molecule has 0 aliphatic carbocycles. The van der Waals surface area contributed by atoms with Crippen LogP contribution in [0.3, 0.4) is 0 Å². The molecule has 7 heteroatoms. The number of aryl methyl sites for hydroxylation is 1. The van der Waals surface area contributed by atoms with Crippen LogP contribution in [0.1, 0.15) is 10.7 Å². The molecule has 102 valence electrons. The fourth-order valence-electron chi connectivity index (χ4n) is 1.70. The van der Waals surface area contributed by atoms with Crippen LogP contribution in [0.2, 0.25) is 0 Å². The molecule has 20 heavy (non-hydrogen) atoms. The van der Waals surface area contributed by atoms with Crippen molar-refractivity contribution in [1.29, 1.82) is 0 Å². The van der Waals surface area contributed by atoms with E-state index in [1.165, 1.54) is 0 Å². The van der Waals surface area contributed by atoms with Crippen molar-refractivity contribution in [2.45, 2.75) is 17.8 Å². The first-order valence-electron chi connectivity index (χ1n) is 5.93. The third-order valence-electron chi connectivity index (χ3n) is 2.61. The van der Waals surface area contributed by atoms with E-state index < -0.39 is 0 Å². The van der Waals surface area contributed by atoms with Gasteiger partial charge in [-0.1, -0.05) is 45.9 Å². The lowest BCUT2D eigenvalue weighted by Crippen LogP contribution is -1.83. The van der Waals surface area contributed by atoms with Crippen molar-refractivity contribution in [3.8, 4) is 11.4 Å². The van der Waals surface area contributed by atoms with Crippen LogP contribution in [0, 0.1) is 6.92 Å². The van der Waals surface area contributed by atoms with E-state index >= 15 is 0 Å². The van der Waals surface area contributed by atoms with Crippen LogP contribution in [-0.2, 0) is 5.75 Å². The lowest BCUT2D eigenvalue weighted by Gasteiger charge is -1.98. The summed E-state index contributed by atoms with van der Waals surface area (Å²) in [5, 5.41) is 11.1. The molecular formula is C13H11BrN4S2. The summed E-state index contributed by atoms with van der Waals surface area (Å²) in [7, 11) is 0. The molecule has 0 amide bonds. The van der Waals surface area contributed by atoms with Gasteiger partial charge in [0, 0.05) is 21.2 Å². The number of halogens is 1. The van der Waals surface area contributed by atoms with Gasteiger partial charge in [-0.05, 0) is 13.0 Å². The second-order valence-corrected chi connectivity index (χ2v) is 6.95. The highest BCUT2D eigenvalue weighted by Gasteiger charge is 2.09. The average Bonchev–Trinajstić information content (AvgIpc) is 3.06.